The van der Waals surface area contributed by atoms with Crippen LogP contribution in [0.1, 0.15) is 38.0 Å². The Morgan fingerprint density at radius 1 is 1.22 bits per heavy atom. The second-order valence-electron chi connectivity index (χ2n) is 5.75. The largest absolute Gasteiger partial charge is 0.458 e. The van der Waals surface area contributed by atoms with E-state index in [0.717, 1.165) is 37.2 Å². The Bertz CT molecular complexity index is 643. The summed E-state index contributed by atoms with van der Waals surface area (Å²) in [7, 11) is 3.49. The van der Waals surface area contributed by atoms with Gasteiger partial charge in [0.2, 0.25) is 10.6 Å². The van der Waals surface area contributed by atoms with E-state index >= 15 is 0 Å². The van der Waals surface area contributed by atoms with Crippen molar-refractivity contribution < 1.29 is 13.9 Å². The molecule has 2 heterocycles. The molecule has 0 spiro atoms. The van der Waals surface area contributed by atoms with Gasteiger partial charge in [0.05, 0.1) is 18.2 Å². The van der Waals surface area contributed by atoms with Gasteiger partial charge >= 0.3 is 0 Å². The molecule has 1 fully saturated rings. The van der Waals surface area contributed by atoms with Gasteiger partial charge in [-0.1, -0.05) is 6.92 Å². The van der Waals surface area contributed by atoms with E-state index in [2.05, 4.69) is 33.1 Å². The van der Waals surface area contributed by atoms with E-state index in [1.807, 2.05) is 16.7 Å². The van der Waals surface area contributed by atoms with Gasteiger partial charge in [0.25, 0.3) is 0 Å². The van der Waals surface area contributed by atoms with E-state index in [9.17, 15) is 0 Å². The third-order valence-corrected chi connectivity index (χ3v) is 5.07. The first-order valence-electron chi connectivity index (χ1n) is 7.94. The molecule has 2 unspecified atom stereocenters. The number of aryl methyl sites for hydroxylation is 1. The minimum absolute atomic E-state index is 0.00769. The summed E-state index contributed by atoms with van der Waals surface area (Å²) < 4.78 is 20.0. The van der Waals surface area contributed by atoms with Crippen molar-refractivity contribution in [3.8, 4) is 11.6 Å². The maximum absolute atomic E-state index is 5.88. The molecule has 3 rings (SSSR count). The van der Waals surface area contributed by atoms with Crippen LogP contribution in [0.3, 0.4) is 0 Å². The van der Waals surface area contributed by atoms with Crippen LogP contribution >= 0.6 is 15.9 Å². The summed E-state index contributed by atoms with van der Waals surface area (Å²) in [4.78, 5) is 0. The van der Waals surface area contributed by atoms with E-state index in [1.165, 1.54) is 0 Å². The summed E-state index contributed by atoms with van der Waals surface area (Å²) in [5.74, 6) is 2.35. The van der Waals surface area contributed by atoms with Crippen LogP contribution in [0.15, 0.2) is 21.3 Å². The van der Waals surface area contributed by atoms with Crippen molar-refractivity contribution in [1.82, 2.24) is 14.8 Å². The Balaban J connectivity index is 2.05. The van der Waals surface area contributed by atoms with E-state index in [4.69, 9.17) is 13.9 Å². The first-order chi connectivity index (χ1) is 11.2. The van der Waals surface area contributed by atoms with Crippen LogP contribution in [-0.2, 0) is 15.9 Å². The first-order valence-corrected chi connectivity index (χ1v) is 8.74. The molecule has 0 aliphatic heterocycles. The predicted octanol–water partition coefficient (Wildman–Crippen LogP) is 3.62. The number of hydrogen-bond acceptors (Lipinski definition) is 5. The van der Waals surface area contributed by atoms with E-state index < -0.39 is 0 Å². The van der Waals surface area contributed by atoms with Crippen molar-refractivity contribution in [3.05, 3.63) is 22.6 Å². The molecule has 0 aromatic carbocycles. The van der Waals surface area contributed by atoms with Gasteiger partial charge in [-0.05, 0) is 47.3 Å². The van der Waals surface area contributed by atoms with Crippen molar-refractivity contribution in [3.63, 3.8) is 0 Å². The van der Waals surface area contributed by atoms with Crippen LogP contribution < -0.4 is 0 Å². The molecule has 0 N–H and O–H groups in total. The fourth-order valence-corrected chi connectivity index (χ4v) is 3.82. The maximum atomic E-state index is 5.88. The molecule has 1 aliphatic carbocycles. The average molecular weight is 384 g/mol. The van der Waals surface area contributed by atoms with Gasteiger partial charge in [0.1, 0.15) is 5.76 Å². The Labute approximate surface area is 144 Å². The zero-order chi connectivity index (χ0) is 16.4. The summed E-state index contributed by atoms with van der Waals surface area (Å²) in [6.45, 7) is 2.06. The Kier molecular flexibility index (Phi) is 5.18. The monoisotopic (exact) mass is 383 g/mol. The molecule has 1 saturated carbocycles. The minimum atomic E-state index is 0.00769. The molecule has 2 atom stereocenters. The second-order valence-corrected chi connectivity index (χ2v) is 6.46. The van der Waals surface area contributed by atoms with E-state index in [1.54, 1.807) is 14.2 Å². The SMILES string of the molecule is CCc1ccc(-c2nnc(Br)n2C2C(OC)CCCC2OC)o1. The topological polar surface area (TPSA) is 62.3 Å². The molecule has 1 aliphatic rings. The average Bonchev–Trinajstić information content (AvgIpc) is 3.20. The van der Waals surface area contributed by atoms with Crippen molar-refractivity contribution in [2.24, 2.45) is 0 Å². The third kappa shape index (κ3) is 3.09. The van der Waals surface area contributed by atoms with Gasteiger partial charge in [0, 0.05) is 20.6 Å². The van der Waals surface area contributed by atoms with Crippen LogP contribution in [-0.4, -0.2) is 41.2 Å². The standard InChI is InChI=1S/C16H22BrN3O3/c1-4-10-8-9-13(23-10)15-18-19-16(17)20(15)14-11(21-2)6-5-7-12(14)22-3/h8-9,11-12,14H,4-7H2,1-3H3. The Morgan fingerprint density at radius 2 is 1.91 bits per heavy atom. The molecule has 0 amide bonds. The summed E-state index contributed by atoms with van der Waals surface area (Å²) >= 11 is 3.52. The fraction of sp³-hybridized carbons (Fsp3) is 0.625. The normalized spacial score (nSPS) is 25.0. The molecule has 23 heavy (non-hydrogen) atoms. The van der Waals surface area contributed by atoms with Gasteiger partial charge in [-0.3, -0.25) is 4.57 Å². The van der Waals surface area contributed by atoms with Gasteiger partial charge in [-0.2, -0.15) is 0 Å². The molecule has 0 bridgehead atoms. The van der Waals surface area contributed by atoms with Gasteiger partial charge in [-0.15, -0.1) is 10.2 Å². The lowest BCUT2D eigenvalue weighted by Gasteiger charge is -2.37. The summed E-state index contributed by atoms with van der Waals surface area (Å²) in [5.41, 5.74) is 0. The minimum Gasteiger partial charge on any atom is -0.458 e. The van der Waals surface area contributed by atoms with Crippen molar-refractivity contribution in [2.45, 2.75) is 50.9 Å². The first kappa shape index (κ1) is 16.7. The summed E-state index contributed by atoms with van der Waals surface area (Å²) in [6, 6.07) is 3.93. The molecule has 2 aromatic heterocycles. The zero-order valence-corrected chi connectivity index (χ0v) is 15.2. The van der Waals surface area contributed by atoms with Crippen LogP contribution in [0, 0.1) is 0 Å². The molecule has 7 heteroatoms. The number of furan rings is 1. The molecular weight excluding hydrogens is 362 g/mol. The number of rotatable bonds is 5. The van der Waals surface area contributed by atoms with Crippen LogP contribution in [0.25, 0.3) is 11.6 Å². The second kappa shape index (κ2) is 7.15. The smallest absolute Gasteiger partial charge is 0.200 e. The van der Waals surface area contributed by atoms with E-state index in [0.29, 0.717) is 10.6 Å². The zero-order valence-electron chi connectivity index (χ0n) is 13.7. The lowest BCUT2D eigenvalue weighted by molar-refractivity contribution is -0.0562. The molecule has 6 nitrogen and oxygen atoms in total. The highest BCUT2D eigenvalue weighted by molar-refractivity contribution is 9.10. The van der Waals surface area contributed by atoms with Gasteiger partial charge in [0.15, 0.2) is 5.76 Å². The molecule has 0 saturated heterocycles. The quantitative estimate of drug-likeness (QED) is 0.788. The third-order valence-electron chi connectivity index (χ3n) is 4.53. The van der Waals surface area contributed by atoms with Crippen LogP contribution in [0.4, 0.5) is 0 Å². The summed E-state index contributed by atoms with van der Waals surface area (Å²) in [6.07, 6.45) is 4.02. The van der Waals surface area contributed by atoms with Crippen molar-refractivity contribution >= 4 is 15.9 Å². The maximum Gasteiger partial charge on any atom is 0.200 e. The van der Waals surface area contributed by atoms with Gasteiger partial charge in [-0.25, -0.2) is 0 Å². The number of methoxy groups -OCH3 is 2. The number of halogens is 1. The van der Waals surface area contributed by atoms with E-state index in [-0.39, 0.29) is 18.2 Å². The number of hydrogen-bond donors (Lipinski definition) is 0. The van der Waals surface area contributed by atoms with Gasteiger partial charge < -0.3 is 13.9 Å². The highest BCUT2D eigenvalue weighted by atomic mass is 79.9. The van der Waals surface area contributed by atoms with Crippen molar-refractivity contribution in [2.75, 3.05) is 14.2 Å². The lowest BCUT2D eigenvalue weighted by Crippen LogP contribution is -2.40. The summed E-state index contributed by atoms with van der Waals surface area (Å²) in [5, 5.41) is 8.51. The number of nitrogens with zero attached hydrogens (tertiary/aromatic N) is 3. The van der Waals surface area contributed by atoms with Crippen LogP contribution in [0.5, 0.6) is 0 Å². The van der Waals surface area contributed by atoms with Crippen LogP contribution in [0.2, 0.25) is 0 Å². The molecular formula is C16H22BrN3O3. The number of ether oxygens (including phenoxy) is 2. The lowest BCUT2D eigenvalue weighted by atomic mass is 9.89. The predicted molar refractivity (Wildman–Crippen MR) is 89.3 cm³/mol. The molecule has 2 aromatic rings. The highest BCUT2D eigenvalue weighted by Gasteiger charge is 2.38. The fourth-order valence-electron chi connectivity index (χ4n) is 3.34. The van der Waals surface area contributed by atoms with Crippen molar-refractivity contribution in [1.29, 1.82) is 0 Å². The Morgan fingerprint density at radius 3 is 2.48 bits per heavy atom. The molecule has 0 radical (unpaired) electrons. The Hall–Kier alpha value is -1.18. The molecule has 126 valence electrons. The number of aromatic nitrogens is 3. The highest BCUT2D eigenvalue weighted by Crippen LogP contribution is 2.37.